The third kappa shape index (κ3) is 6.24. The first-order valence-electron chi connectivity index (χ1n) is 7.50. The molecule has 0 aliphatic rings. The van der Waals surface area contributed by atoms with Gasteiger partial charge in [-0.3, -0.25) is 9.59 Å². The van der Waals surface area contributed by atoms with Gasteiger partial charge in [0.25, 0.3) is 0 Å². The molecule has 0 fully saturated rings. The number of anilines is 1. The molecule has 4 nitrogen and oxygen atoms in total. The molecule has 0 atom stereocenters. The molecule has 2 aromatic rings. The van der Waals surface area contributed by atoms with Crippen LogP contribution in [0, 0.1) is 0 Å². The Balaban J connectivity index is 1.66. The Bertz CT molecular complexity index is 659. The van der Waals surface area contributed by atoms with Gasteiger partial charge < -0.3 is 10.6 Å². The summed E-state index contributed by atoms with van der Waals surface area (Å²) in [6, 6.07) is 17.4. The van der Waals surface area contributed by atoms with Crippen molar-refractivity contribution in [2.24, 2.45) is 0 Å². The highest BCUT2D eigenvalue weighted by molar-refractivity contribution is 9.10. The zero-order valence-electron chi connectivity index (χ0n) is 12.7. The number of nitrogens with one attached hydrogen (secondary N) is 2. The molecule has 120 valence electrons. The average Bonchev–Trinajstić information content (AvgIpc) is 2.55. The van der Waals surface area contributed by atoms with E-state index in [4.69, 9.17) is 0 Å². The van der Waals surface area contributed by atoms with Crippen LogP contribution in [-0.4, -0.2) is 18.4 Å². The van der Waals surface area contributed by atoms with E-state index < -0.39 is 0 Å². The minimum absolute atomic E-state index is 0.174. The van der Waals surface area contributed by atoms with Crippen molar-refractivity contribution in [3.63, 3.8) is 0 Å². The Kier molecular flexibility index (Phi) is 6.81. The Morgan fingerprint density at radius 1 is 0.913 bits per heavy atom. The second kappa shape index (κ2) is 9.10. The Morgan fingerprint density at radius 3 is 2.35 bits per heavy atom. The molecular weight excluding hydrogens is 356 g/mol. The van der Waals surface area contributed by atoms with Gasteiger partial charge in [-0.1, -0.05) is 42.5 Å². The highest BCUT2D eigenvalue weighted by Gasteiger charge is 2.10. The van der Waals surface area contributed by atoms with Crippen LogP contribution in [0.5, 0.6) is 0 Å². The van der Waals surface area contributed by atoms with E-state index >= 15 is 0 Å². The van der Waals surface area contributed by atoms with Gasteiger partial charge in [0.15, 0.2) is 0 Å². The fourth-order valence-electron chi connectivity index (χ4n) is 2.13. The maximum Gasteiger partial charge on any atom is 0.233 e. The van der Waals surface area contributed by atoms with Crippen molar-refractivity contribution in [3.05, 3.63) is 64.6 Å². The molecule has 0 heterocycles. The van der Waals surface area contributed by atoms with E-state index in [1.54, 1.807) is 6.07 Å². The Labute approximate surface area is 144 Å². The highest BCUT2D eigenvalue weighted by Crippen LogP contribution is 2.21. The molecule has 23 heavy (non-hydrogen) atoms. The summed E-state index contributed by atoms with van der Waals surface area (Å²) < 4.78 is 0.789. The van der Waals surface area contributed by atoms with Crippen LogP contribution >= 0.6 is 15.9 Å². The van der Waals surface area contributed by atoms with Gasteiger partial charge in [0.2, 0.25) is 11.8 Å². The van der Waals surface area contributed by atoms with Crippen LogP contribution in [0.15, 0.2) is 59.1 Å². The van der Waals surface area contributed by atoms with Crippen LogP contribution in [0.2, 0.25) is 0 Å². The summed E-state index contributed by atoms with van der Waals surface area (Å²) in [4.78, 5) is 23.6. The number of amides is 2. The molecule has 2 aromatic carbocycles. The summed E-state index contributed by atoms with van der Waals surface area (Å²) in [5.74, 6) is -0.583. The molecule has 2 amide bonds. The van der Waals surface area contributed by atoms with Crippen molar-refractivity contribution < 1.29 is 9.59 Å². The maximum absolute atomic E-state index is 11.8. The minimum Gasteiger partial charge on any atom is -0.356 e. The van der Waals surface area contributed by atoms with Crippen LogP contribution in [-0.2, 0) is 16.0 Å². The van der Waals surface area contributed by atoms with E-state index in [0.717, 1.165) is 17.3 Å². The zero-order valence-corrected chi connectivity index (χ0v) is 14.3. The molecule has 2 N–H and O–H groups in total. The number of para-hydroxylation sites is 1. The molecule has 0 saturated heterocycles. The lowest BCUT2D eigenvalue weighted by Gasteiger charge is -2.08. The van der Waals surface area contributed by atoms with E-state index in [9.17, 15) is 9.59 Å². The molecule has 0 spiro atoms. The summed E-state index contributed by atoms with van der Waals surface area (Å²) in [5, 5.41) is 5.48. The number of hydrogen-bond acceptors (Lipinski definition) is 2. The van der Waals surface area contributed by atoms with Gasteiger partial charge in [-0.2, -0.15) is 0 Å². The van der Waals surface area contributed by atoms with Crippen molar-refractivity contribution in [2.75, 3.05) is 11.9 Å². The van der Waals surface area contributed by atoms with Gasteiger partial charge in [0, 0.05) is 11.0 Å². The number of rotatable bonds is 7. The monoisotopic (exact) mass is 374 g/mol. The maximum atomic E-state index is 11.8. The summed E-state index contributed by atoms with van der Waals surface area (Å²) in [7, 11) is 0. The van der Waals surface area contributed by atoms with Crippen molar-refractivity contribution in [3.8, 4) is 0 Å². The van der Waals surface area contributed by atoms with Gasteiger partial charge >= 0.3 is 0 Å². The lowest BCUT2D eigenvalue weighted by molar-refractivity contribution is -0.126. The van der Waals surface area contributed by atoms with Gasteiger partial charge in [0.1, 0.15) is 6.42 Å². The molecular formula is C18H19BrN2O2. The lowest BCUT2D eigenvalue weighted by Crippen LogP contribution is -2.29. The molecule has 5 heteroatoms. The molecule has 0 bridgehead atoms. The molecule has 0 radical (unpaired) electrons. The first-order valence-corrected chi connectivity index (χ1v) is 8.29. The van der Waals surface area contributed by atoms with Crippen LogP contribution in [0.3, 0.4) is 0 Å². The molecule has 0 saturated carbocycles. The predicted octanol–water partition coefficient (Wildman–Crippen LogP) is 3.53. The van der Waals surface area contributed by atoms with Crippen LogP contribution < -0.4 is 10.6 Å². The van der Waals surface area contributed by atoms with Crippen molar-refractivity contribution >= 4 is 33.4 Å². The third-order valence-electron chi connectivity index (χ3n) is 3.28. The summed E-state index contributed by atoms with van der Waals surface area (Å²) in [6.07, 6.45) is 1.58. The molecule has 2 rings (SSSR count). The number of hydrogen-bond donors (Lipinski definition) is 2. The topological polar surface area (TPSA) is 58.2 Å². The van der Waals surface area contributed by atoms with E-state index in [1.165, 1.54) is 5.56 Å². The quantitative estimate of drug-likeness (QED) is 0.575. The molecule has 0 aliphatic heterocycles. The minimum atomic E-state index is -0.322. The number of aryl methyl sites for hydroxylation is 1. The largest absolute Gasteiger partial charge is 0.356 e. The van der Waals surface area contributed by atoms with E-state index in [-0.39, 0.29) is 18.2 Å². The predicted molar refractivity (Wildman–Crippen MR) is 95.2 cm³/mol. The first kappa shape index (κ1) is 17.2. The van der Waals surface area contributed by atoms with E-state index in [2.05, 4.69) is 38.7 Å². The Hall–Kier alpha value is -2.14. The summed E-state index contributed by atoms with van der Waals surface area (Å²) in [6.45, 7) is 0.566. The van der Waals surface area contributed by atoms with Gasteiger partial charge in [-0.15, -0.1) is 0 Å². The normalized spacial score (nSPS) is 10.1. The number of benzene rings is 2. The number of halogens is 1. The molecule has 0 unspecified atom stereocenters. The smallest absolute Gasteiger partial charge is 0.233 e. The number of carbonyl (C=O) groups is 2. The zero-order chi connectivity index (χ0) is 16.5. The fraction of sp³-hybridized carbons (Fsp3) is 0.222. The summed E-state index contributed by atoms with van der Waals surface area (Å²) >= 11 is 3.35. The van der Waals surface area contributed by atoms with Crippen LogP contribution in [0.4, 0.5) is 5.69 Å². The van der Waals surface area contributed by atoms with Crippen LogP contribution in [0.1, 0.15) is 18.4 Å². The SMILES string of the molecule is O=C(CC(=O)Nc1ccccc1Br)NCCCc1ccccc1. The number of carbonyl (C=O) groups excluding carboxylic acids is 2. The second-order valence-corrected chi connectivity index (χ2v) is 6.00. The van der Waals surface area contributed by atoms with Crippen molar-refractivity contribution in [2.45, 2.75) is 19.3 Å². The van der Waals surface area contributed by atoms with Gasteiger partial charge in [0.05, 0.1) is 5.69 Å². The van der Waals surface area contributed by atoms with Crippen LogP contribution in [0.25, 0.3) is 0 Å². The molecule has 0 aliphatic carbocycles. The fourth-order valence-corrected chi connectivity index (χ4v) is 2.51. The summed E-state index contributed by atoms with van der Waals surface area (Å²) in [5.41, 5.74) is 1.91. The Morgan fingerprint density at radius 2 is 1.61 bits per heavy atom. The van der Waals surface area contributed by atoms with E-state index in [0.29, 0.717) is 12.2 Å². The standard InChI is InChI=1S/C18H19BrN2O2/c19-15-10-4-5-11-16(15)21-18(23)13-17(22)20-12-6-9-14-7-2-1-3-8-14/h1-5,7-8,10-11H,6,9,12-13H2,(H,20,22)(H,21,23). The first-order chi connectivity index (χ1) is 11.1. The van der Waals surface area contributed by atoms with Gasteiger partial charge in [-0.25, -0.2) is 0 Å². The average molecular weight is 375 g/mol. The van der Waals surface area contributed by atoms with Gasteiger partial charge in [-0.05, 0) is 46.5 Å². The highest BCUT2D eigenvalue weighted by atomic mass is 79.9. The van der Waals surface area contributed by atoms with Crippen molar-refractivity contribution in [1.29, 1.82) is 0 Å². The molecule has 0 aromatic heterocycles. The lowest BCUT2D eigenvalue weighted by atomic mass is 10.1. The van der Waals surface area contributed by atoms with Crippen molar-refractivity contribution in [1.82, 2.24) is 5.32 Å². The second-order valence-electron chi connectivity index (χ2n) is 5.14. The third-order valence-corrected chi connectivity index (χ3v) is 3.97. The van der Waals surface area contributed by atoms with E-state index in [1.807, 2.05) is 36.4 Å².